The molecule has 0 atom stereocenters. The molecule has 0 unspecified atom stereocenters. The van der Waals surface area contributed by atoms with Gasteiger partial charge >= 0.3 is 0 Å². The molecule has 0 aliphatic carbocycles. The molecule has 0 radical (unpaired) electrons. The third kappa shape index (κ3) is 4.53. The molecule has 17 heavy (non-hydrogen) atoms. The molecule has 0 aliphatic heterocycles. The first-order valence-electron chi connectivity index (χ1n) is 5.82. The third-order valence-corrected chi connectivity index (χ3v) is 2.69. The first-order chi connectivity index (χ1) is 8.15. The second-order valence-electron chi connectivity index (χ2n) is 4.05. The summed E-state index contributed by atoms with van der Waals surface area (Å²) < 4.78 is 13.3. The number of hydrogen-bond donors (Lipinski definition) is 1. The van der Waals surface area contributed by atoms with Crippen molar-refractivity contribution in [1.82, 2.24) is 4.90 Å². The van der Waals surface area contributed by atoms with Crippen LogP contribution in [0.2, 0.25) is 0 Å². The van der Waals surface area contributed by atoms with Crippen LogP contribution in [0.4, 0.5) is 4.39 Å². The van der Waals surface area contributed by atoms with Gasteiger partial charge in [-0.05, 0) is 31.0 Å². The van der Waals surface area contributed by atoms with Crippen LogP contribution in [-0.2, 0) is 11.2 Å². The number of halogens is 1. The molecule has 0 aliphatic rings. The van der Waals surface area contributed by atoms with E-state index in [4.69, 9.17) is 5.73 Å². The van der Waals surface area contributed by atoms with E-state index in [0.29, 0.717) is 37.9 Å². The Balaban J connectivity index is 2.40. The molecule has 3 nitrogen and oxygen atoms in total. The number of benzene rings is 1. The molecule has 1 rings (SSSR count). The summed E-state index contributed by atoms with van der Waals surface area (Å²) >= 11 is 0. The fraction of sp³-hybridized carbons (Fsp3) is 0.462. The molecule has 0 aromatic heterocycles. The Morgan fingerprint density at radius 2 is 2.12 bits per heavy atom. The molecule has 1 aromatic carbocycles. The van der Waals surface area contributed by atoms with E-state index in [9.17, 15) is 9.18 Å². The minimum Gasteiger partial charge on any atom is -0.345 e. The van der Waals surface area contributed by atoms with Gasteiger partial charge in [-0.25, -0.2) is 4.39 Å². The molecule has 0 bridgehead atoms. The molecule has 1 amide bonds. The van der Waals surface area contributed by atoms with Crippen molar-refractivity contribution in [2.45, 2.75) is 19.3 Å². The van der Waals surface area contributed by atoms with Crippen LogP contribution < -0.4 is 5.73 Å². The van der Waals surface area contributed by atoms with Gasteiger partial charge in [0.15, 0.2) is 0 Å². The summed E-state index contributed by atoms with van der Waals surface area (Å²) in [6.45, 7) is 1.05. The average molecular weight is 238 g/mol. The maximum Gasteiger partial charge on any atom is 0.222 e. The zero-order chi connectivity index (χ0) is 12.7. The van der Waals surface area contributed by atoms with Crippen LogP contribution in [0, 0.1) is 5.82 Å². The van der Waals surface area contributed by atoms with Crippen LogP contribution in [0.1, 0.15) is 18.4 Å². The van der Waals surface area contributed by atoms with Crippen molar-refractivity contribution in [3.05, 3.63) is 35.6 Å². The standard InChI is InChI=1S/C13H19FN2O/c1-16(13(17)7-4-9-15)10-8-11-5-2-3-6-12(11)14/h2-3,5-6H,4,7-10,15H2,1H3. The van der Waals surface area contributed by atoms with Crippen LogP contribution >= 0.6 is 0 Å². The summed E-state index contributed by atoms with van der Waals surface area (Å²) in [5.74, 6) is -0.151. The number of hydrogen-bond acceptors (Lipinski definition) is 2. The van der Waals surface area contributed by atoms with Gasteiger partial charge in [0, 0.05) is 20.0 Å². The van der Waals surface area contributed by atoms with E-state index in [1.54, 1.807) is 30.1 Å². The van der Waals surface area contributed by atoms with E-state index in [2.05, 4.69) is 0 Å². The molecule has 0 fully saturated rings. The Hall–Kier alpha value is -1.42. The van der Waals surface area contributed by atoms with Crippen molar-refractivity contribution in [2.75, 3.05) is 20.1 Å². The second kappa shape index (κ2) is 7.01. The van der Waals surface area contributed by atoms with Gasteiger partial charge in [-0.3, -0.25) is 4.79 Å². The second-order valence-corrected chi connectivity index (χ2v) is 4.05. The molecule has 2 N–H and O–H groups in total. The lowest BCUT2D eigenvalue weighted by Crippen LogP contribution is -2.29. The first-order valence-corrected chi connectivity index (χ1v) is 5.82. The summed E-state index contributed by atoms with van der Waals surface area (Å²) in [5, 5.41) is 0. The van der Waals surface area contributed by atoms with Crippen molar-refractivity contribution in [3.8, 4) is 0 Å². The smallest absolute Gasteiger partial charge is 0.222 e. The van der Waals surface area contributed by atoms with E-state index in [0.717, 1.165) is 0 Å². The van der Waals surface area contributed by atoms with Gasteiger partial charge in [-0.1, -0.05) is 18.2 Å². The molecule has 4 heteroatoms. The Bertz CT molecular complexity index is 368. The lowest BCUT2D eigenvalue weighted by atomic mass is 10.1. The Labute approximate surface area is 101 Å². The normalized spacial score (nSPS) is 10.3. The summed E-state index contributed by atoms with van der Waals surface area (Å²) in [7, 11) is 1.74. The van der Waals surface area contributed by atoms with Gasteiger partial charge in [0.1, 0.15) is 5.82 Å². The third-order valence-electron chi connectivity index (χ3n) is 2.69. The van der Waals surface area contributed by atoms with Crippen molar-refractivity contribution in [2.24, 2.45) is 5.73 Å². The van der Waals surface area contributed by atoms with Crippen LogP contribution in [0.3, 0.4) is 0 Å². The van der Waals surface area contributed by atoms with Crippen molar-refractivity contribution in [1.29, 1.82) is 0 Å². The average Bonchev–Trinajstić information content (AvgIpc) is 2.34. The lowest BCUT2D eigenvalue weighted by molar-refractivity contribution is -0.129. The molecule has 0 spiro atoms. The Morgan fingerprint density at radius 1 is 1.41 bits per heavy atom. The highest BCUT2D eigenvalue weighted by Gasteiger charge is 2.09. The minimum atomic E-state index is -0.213. The fourth-order valence-corrected chi connectivity index (χ4v) is 1.56. The van der Waals surface area contributed by atoms with Crippen LogP contribution in [0.15, 0.2) is 24.3 Å². The van der Waals surface area contributed by atoms with Crippen LogP contribution in [0.25, 0.3) is 0 Å². The largest absolute Gasteiger partial charge is 0.345 e. The van der Waals surface area contributed by atoms with E-state index < -0.39 is 0 Å². The van der Waals surface area contributed by atoms with Crippen molar-refractivity contribution >= 4 is 5.91 Å². The van der Waals surface area contributed by atoms with Gasteiger partial charge in [0.25, 0.3) is 0 Å². The van der Waals surface area contributed by atoms with Gasteiger partial charge in [-0.2, -0.15) is 0 Å². The summed E-state index contributed by atoms with van der Waals surface area (Å²) in [6, 6.07) is 6.64. The first kappa shape index (κ1) is 13.6. The highest BCUT2D eigenvalue weighted by atomic mass is 19.1. The molecule has 0 saturated heterocycles. The summed E-state index contributed by atoms with van der Waals surface area (Å²) in [5.41, 5.74) is 5.99. The molecule has 0 heterocycles. The van der Waals surface area contributed by atoms with Crippen LogP contribution in [-0.4, -0.2) is 30.9 Å². The number of carbonyl (C=O) groups excluding carboxylic acids is 1. The molecule has 1 aromatic rings. The topological polar surface area (TPSA) is 46.3 Å². The van der Waals surface area contributed by atoms with E-state index in [-0.39, 0.29) is 11.7 Å². The van der Waals surface area contributed by atoms with E-state index in [1.165, 1.54) is 6.07 Å². The van der Waals surface area contributed by atoms with Gasteiger partial charge in [0.2, 0.25) is 5.91 Å². The maximum atomic E-state index is 13.3. The van der Waals surface area contributed by atoms with Gasteiger partial charge < -0.3 is 10.6 Å². The minimum absolute atomic E-state index is 0.0618. The zero-order valence-corrected chi connectivity index (χ0v) is 10.2. The summed E-state index contributed by atoms with van der Waals surface area (Å²) in [6.07, 6.45) is 1.70. The molecule has 0 saturated carbocycles. The number of nitrogens with two attached hydrogens (primary N) is 1. The highest BCUT2D eigenvalue weighted by Crippen LogP contribution is 2.07. The SMILES string of the molecule is CN(CCc1ccccc1F)C(=O)CCCN. The monoisotopic (exact) mass is 238 g/mol. The van der Waals surface area contributed by atoms with Crippen molar-refractivity contribution in [3.63, 3.8) is 0 Å². The lowest BCUT2D eigenvalue weighted by Gasteiger charge is -2.17. The quantitative estimate of drug-likeness (QED) is 0.817. The van der Waals surface area contributed by atoms with Gasteiger partial charge in [0.05, 0.1) is 0 Å². The zero-order valence-electron chi connectivity index (χ0n) is 10.2. The number of carbonyl (C=O) groups is 1. The number of nitrogens with zero attached hydrogens (tertiary/aromatic N) is 1. The molecule has 94 valence electrons. The molecular weight excluding hydrogens is 219 g/mol. The number of likely N-dealkylation sites (N-methyl/N-ethyl adjacent to an activating group) is 1. The molecular formula is C13H19FN2O. The fourth-order valence-electron chi connectivity index (χ4n) is 1.56. The maximum absolute atomic E-state index is 13.3. The predicted octanol–water partition coefficient (Wildman–Crippen LogP) is 1.57. The van der Waals surface area contributed by atoms with E-state index >= 15 is 0 Å². The number of amides is 1. The van der Waals surface area contributed by atoms with Gasteiger partial charge in [-0.15, -0.1) is 0 Å². The number of rotatable bonds is 6. The summed E-state index contributed by atoms with van der Waals surface area (Å²) in [4.78, 5) is 13.2. The van der Waals surface area contributed by atoms with Crippen molar-refractivity contribution < 1.29 is 9.18 Å². The van der Waals surface area contributed by atoms with Crippen LogP contribution in [0.5, 0.6) is 0 Å². The highest BCUT2D eigenvalue weighted by molar-refractivity contribution is 5.75. The predicted molar refractivity (Wildman–Crippen MR) is 66.0 cm³/mol. The van der Waals surface area contributed by atoms with E-state index in [1.807, 2.05) is 0 Å². The Morgan fingerprint density at radius 3 is 2.76 bits per heavy atom. The Kier molecular flexibility index (Phi) is 5.63.